The lowest BCUT2D eigenvalue weighted by molar-refractivity contribution is -0.117. The van der Waals surface area contributed by atoms with Crippen molar-refractivity contribution in [2.75, 3.05) is 11.4 Å². The largest absolute Gasteiger partial charge is 0.335 e. The molecule has 1 aromatic rings. The van der Waals surface area contributed by atoms with Crippen LogP contribution in [0, 0.1) is 19.8 Å². The fraction of sp³-hybridized carbons (Fsp3) is 0.600. The number of urea groups is 1. The van der Waals surface area contributed by atoms with Gasteiger partial charge in [-0.1, -0.05) is 25.8 Å². The highest BCUT2D eigenvalue weighted by molar-refractivity contribution is 5.96. The summed E-state index contributed by atoms with van der Waals surface area (Å²) in [5.41, 5.74) is 3.30. The monoisotopic (exact) mass is 343 g/mol. The molecule has 3 rings (SSSR count). The first-order valence-electron chi connectivity index (χ1n) is 9.38. The molecule has 0 unspecified atom stereocenters. The first-order valence-corrected chi connectivity index (χ1v) is 9.38. The van der Waals surface area contributed by atoms with Crippen molar-refractivity contribution in [1.82, 2.24) is 10.6 Å². The van der Waals surface area contributed by atoms with Gasteiger partial charge in [-0.2, -0.15) is 0 Å². The first kappa shape index (κ1) is 17.8. The van der Waals surface area contributed by atoms with Gasteiger partial charge in [0, 0.05) is 24.7 Å². The van der Waals surface area contributed by atoms with Crippen LogP contribution in [-0.2, 0) is 4.79 Å². The van der Waals surface area contributed by atoms with Crippen molar-refractivity contribution >= 4 is 17.6 Å². The maximum Gasteiger partial charge on any atom is 0.315 e. The minimum atomic E-state index is -0.140. The number of anilines is 1. The van der Waals surface area contributed by atoms with E-state index in [0.717, 1.165) is 12.1 Å². The number of nitrogens with zero attached hydrogens (tertiary/aromatic N) is 1. The van der Waals surface area contributed by atoms with Crippen molar-refractivity contribution in [3.8, 4) is 0 Å². The van der Waals surface area contributed by atoms with Gasteiger partial charge >= 0.3 is 6.03 Å². The molecular weight excluding hydrogens is 314 g/mol. The van der Waals surface area contributed by atoms with Crippen molar-refractivity contribution in [1.29, 1.82) is 0 Å². The Morgan fingerprint density at radius 1 is 1.12 bits per heavy atom. The molecule has 25 heavy (non-hydrogen) atoms. The third kappa shape index (κ3) is 4.14. The van der Waals surface area contributed by atoms with Crippen molar-refractivity contribution in [3.63, 3.8) is 0 Å². The summed E-state index contributed by atoms with van der Waals surface area (Å²) in [6, 6.07) is 6.04. The zero-order chi connectivity index (χ0) is 18.0. The van der Waals surface area contributed by atoms with Crippen molar-refractivity contribution < 1.29 is 9.59 Å². The quantitative estimate of drug-likeness (QED) is 0.885. The second kappa shape index (κ2) is 7.46. The Balaban J connectivity index is 1.56. The smallest absolute Gasteiger partial charge is 0.315 e. The molecule has 3 amide bonds. The summed E-state index contributed by atoms with van der Waals surface area (Å²) in [5.74, 6) is 0.594. The lowest BCUT2D eigenvalue weighted by atomic mass is 9.86. The highest BCUT2D eigenvalue weighted by atomic mass is 16.2. The van der Waals surface area contributed by atoms with Gasteiger partial charge in [0.1, 0.15) is 0 Å². The van der Waals surface area contributed by atoms with Crippen molar-refractivity contribution in [2.45, 2.75) is 65.0 Å². The number of aryl methyl sites for hydroxylation is 2. The van der Waals surface area contributed by atoms with Gasteiger partial charge in [-0.3, -0.25) is 4.79 Å². The fourth-order valence-corrected chi connectivity index (χ4v) is 3.87. The van der Waals surface area contributed by atoms with Gasteiger partial charge in [0.25, 0.3) is 0 Å². The minimum absolute atomic E-state index is 0.0691. The molecule has 0 spiro atoms. The number of amides is 3. The third-order valence-electron chi connectivity index (χ3n) is 5.69. The Bertz CT molecular complexity index is 658. The van der Waals surface area contributed by atoms with Crippen LogP contribution in [-0.4, -0.2) is 30.6 Å². The lowest BCUT2D eigenvalue weighted by Gasteiger charge is -2.30. The van der Waals surface area contributed by atoms with Crippen LogP contribution >= 0.6 is 0 Å². The molecule has 0 bridgehead atoms. The van der Waals surface area contributed by atoms with E-state index >= 15 is 0 Å². The van der Waals surface area contributed by atoms with Gasteiger partial charge < -0.3 is 15.5 Å². The SMILES string of the molecule is Cc1ccc(N2C[C@@H](NC(=O)N[C@H]3CCCC[C@@H]3C)CC2=O)cc1C. The maximum absolute atomic E-state index is 12.4. The van der Waals surface area contributed by atoms with E-state index in [1.54, 1.807) is 4.90 Å². The highest BCUT2D eigenvalue weighted by Gasteiger charge is 2.32. The zero-order valence-corrected chi connectivity index (χ0v) is 15.5. The molecule has 0 aromatic heterocycles. The Kier molecular flexibility index (Phi) is 5.30. The van der Waals surface area contributed by atoms with Crippen LogP contribution in [0.15, 0.2) is 18.2 Å². The molecule has 1 aromatic carbocycles. The molecule has 1 saturated heterocycles. The van der Waals surface area contributed by atoms with E-state index in [1.165, 1.54) is 30.4 Å². The summed E-state index contributed by atoms with van der Waals surface area (Å²) in [6.07, 6.45) is 5.02. The normalized spacial score (nSPS) is 26.6. The predicted octanol–water partition coefficient (Wildman–Crippen LogP) is 3.29. The third-order valence-corrected chi connectivity index (χ3v) is 5.69. The summed E-state index contributed by atoms with van der Waals surface area (Å²) in [6.45, 7) is 6.85. The summed E-state index contributed by atoms with van der Waals surface area (Å²) < 4.78 is 0. The van der Waals surface area contributed by atoms with Crippen LogP contribution in [0.2, 0.25) is 0 Å². The number of hydrogen-bond donors (Lipinski definition) is 2. The van der Waals surface area contributed by atoms with Gasteiger partial charge in [-0.15, -0.1) is 0 Å². The second-order valence-electron chi connectivity index (χ2n) is 7.66. The van der Waals surface area contributed by atoms with Gasteiger partial charge in [0.15, 0.2) is 0 Å². The standard InChI is InChI=1S/C20H29N3O2/c1-13-8-9-17(10-15(13)3)23-12-16(11-19(23)24)21-20(25)22-18-7-5-4-6-14(18)2/h8-10,14,16,18H,4-7,11-12H2,1-3H3,(H2,21,22,25)/t14-,16-,18-/m0/s1. The summed E-state index contributed by atoms with van der Waals surface area (Å²) in [5, 5.41) is 6.09. The molecule has 2 aliphatic rings. The molecule has 1 aliphatic carbocycles. The summed E-state index contributed by atoms with van der Waals surface area (Å²) >= 11 is 0. The van der Waals surface area contributed by atoms with Gasteiger partial charge in [0.05, 0.1) is 6.04 Å². The second-order valence-corrected chi connectivity index (χ2v) is 7.66. The molecule has 5 nitrogen and oxygen atoms in total. The van der Waals surface area contributed by atoms with E-state index in [-0.39, 0.29) is 24.0 Å². The first-order chi connectivity index (χ1) is 11.9. The number of carbonyl (C=O) groups excluding carboxylic acids is 2. The number of nitrogens with one attached hydrogen (secondary N) is 2. The minimum Gasteiger partial charge on any atom is -0.335 e. The Morgan fingerprint density at radius 2 is 1.88 bits per heavy atom. The average Bonchev–Trinajstić information content (AvgIpc) is 2.92. The molecule has 1 aliphatic heterocycles. The van der Waals surface area contributed by atoms with E-state index in [4.69, 9.17) is 0 Å². The van der Waals surface area contributed by atoms with Crippen molar-refractivity contribution in [2.24, 2.45) is 5.92 Å². The summed E-state index contributed by atoms with van der Waals surface area (Å²) in [7, 11) is 0. The van der Waals surface area contributed by atoms with Crippen molar-refractivity contribution in [3.05, 3.63) is 29.3 Å². The van der Waals surface area contributed by atoms with Crippen LogP contribution < -0.4 is 15.5 Å². The van der Waals surface area contributed by atoms with Crippen LogP contribution in [0.1, 0.15) is 50.2 Å². The topological polar surface area (TPSA) is 61.4 Å². The Labute approximate surface area is 150 Å². The molecule has 1 heterocycles. The van der Waals surface area contributed by atoms with Crippen LogP contribution in [0.25, 0.3) is 0 Å². The number of carbonyl (C=O) groups is 2. The van der Waals surface area contributed by atoms with E-state index in [9.17, 15) is 9.59 Å². The van der Waals surface area contributed by atoms with Gasteiger partial charge in [-0.05, 0) is 55.9 Å². The molecule has 2 N–H and O–H groups in total. The zero-order valence-electron chi connectivity index (χ0n) is 15.5. The Morgan fingerprint density at radius 3 is 2.60 bits per heavy atom. The molecule has 3 atom stereocenters. The average molecular weight is 343 g/mol. The lowest BCUT2D eigenvalue weighted by Crippen LogP contribution is -2.49. The van der Waals surface area contributed by atoms with E-state index in [2.05, 4.69) is 24.5 Å². The van der Waals surface area contributed by atoms with Crippen LogP contribution in [0.3, 0.4) is 0 Å². The molecule has 1 saturated carbocycles. The van der Waals surface area contributed by atoms with Gasteiger partial charge in [0.2, 0.25) is 5.91 Å². The predicted molar refractivity (Wildman–Crippen MR) is 99.8 cm³/mol. The van der Waals surface area contributed by atoms with E-state index in [0.29, 0.717) is 18.9 Å². The highest BCUT2D eigenvalue weighted by Crippen LogP contribution is 2.25. The number of rotatable bonds is 3. The molecule has 136 valence electrons. The van der Waals surface area contributed by atoms with Crippen LogP contribution in [0.4, 0.5) is 10.5 Å². The molecule has 0 radical (unpaired) electrons. The Hall–Kier alpha value is -2.04. The molecule has 5 heteroatoms. The number of benzene rings is 1. The van der Waals surface area contributed by atoms with Crippen LogP contribution in [0.5, 0.6) is 0 Å². The van der Waals surface area contributed by atoms with E-state index < -0.39 is 0 Å². The van der Waals surface area contributed by atoms with E-state index in [1.807, 2.05) is 25.1 Å². The fourth-order valence-electron chi connectivity index (χ4n) is 3.87. The van der Waals surface area contributed by atoms with Gasteiger partial charge in [-0.25, -0.2) is 4.79 Å². The maximum atomic E-state index is 12.4. The number of hydrogen-bond acceptors (Lipinski definition) is 2. The summed E-state index contributed by atoms with van der Waals surface area (Å²) in [4.78, 5) is 26.4. The molecular formula is C20H29N3O2. The molecule has 2 fully saturated rings.